The van der Waals surface area contributed by atoms with E-state index >= 15 is 0 Å². The van der Waals surface area contributed by atoms with Crippen LogP contribution in [0.3, 0.4) is 0 Å². The summed E-state index contributed by atoms with van der Waals surface area (Å²) in [6.45, 7) is 5.50. The minimum atomic E-state index is -0.351. The Hall–Kier alpha value is -2.28. The molecule has 1 amide bonds. The van der Waals surface area contributed by atoms with Crippen LogP contribution in [0.4, 0.5) is 0 Å². The predicted molar refractivity (Wildman–Crippen MR) is 80.4 cm³/mol. The van der Waals surface area contributed by atoms with Gasteiger partial charge in [-0.1, -0.05) is 0 Å². The van der Waals surface area contributed by atoms with Gasteiger partial charge in [0.1, 0.15) is 12.9 Å². The molecule has 1 saturated heterocycles. The van der Waals surface area contributed by atoms with E-state index in [4.69, 9.17) is 4.74 Å². The molecule has 2 aromatic rings. The molecule has 0 N–H and O–H groups in total. The van der Waals surface area contributed by atoms with Crippen molar-refractivity contribution < 1.29 is 9.53 Å². The van der Waals surface area contributed by atoms with Crippen molar-refractivity contribution in [3.63, 3.8) is 0 Å². The van der Waals surface area contributed by atoms with Gasteiger partial charge in [-0.3, -0.25) is 9.59 Å². The van der Waals surface area contributed by atoms with Crippen molar-refractivity contribution in [1.82, 2.24) is 19.4 Å². The summed E-state index contributed by atoms with van der Waals surface area (Å²) in [4.78, 5) is 34.4. The summed E-state index contributed by atoms with van der Waals surface area (Å²) in [6.07, 6.45) is 4.47. The van der Waals surface area contributed by atoms with E-state index in [9.17, 15) is 9.59 Å². The average molecular weight is 302 g/mol. The van der Waals surface area contributed by atoms with Gasteiger partial charge < -0.3 is 14.2 Å². The second-order valence-electron chi connectivity index (χ2n) is 5.99. The number of fused-ring (bicyclic) bond motifs is 1. The van der Waals surface area contributed by atoms with Gasteiger partial charge in [0, 0.05) is 25.5 Å². The van der Waals surface area contributed by atoms with Gasteiger partial charge in [-0.25, -0.2) is 9.97 Å². The summed E-state index contributed by atoms with van der Waals surface area (Å²) in [5.74, 6) is -0.0883. The number of morpholine rings is 1. The molecule has 7 nitrogen and oxygen atoms in total. The van der Waals surface area contributed by atoms with Crippen LogP contribution in [-0.4, -0.2) is 50.6 Å². The van der Waals surface area contributed by atoms with E-state index in [1.807, 2.05) is 13.8 Å². The van der Waals surface area contributed by atoms with Crippen LogP contribution in [0.1, 0.15) is 13.8 Å². The van der Waals surface area contributed by atoms with Crippen LogP contribution in [0.25, 0.3) is 10.9 Å². The molecule has 0 aliphatic carbocycles. The van der Waals surface area contributed by atoms with Crippen molar-refractivity contribution >= 4 is 16.8 Å². The molecule has 2 aromatic heterocycles. The maximum absolute atomic E-state index is 12.4. The zero-order valence-electron chi connectivity index (χ0n) is 12.7. The topological polar surface area (TPSA) is 77.3 Å². The number of hydrogen-bond acceptors (Lipinski definition) is 5. The lowest BCUT2D eigenvalue weighted by Gasteiger charge is -2.38. The van der Waals surface area contributed by atoms with E-state index in [-0.39, 0.29) is 23.6 Å². The lowest BCUT2D eigenvalue weighted by molar-refractivity contribution is -0.146. The highest BCUT2D eigenvalue weighted by Crippen LogP contribution is 2.16. The number of ether oxygens (including phenoxy) is 1. The third kappa shape index (κ3) is 2.85. The second-order valence-corrected chi connectivity index (χ2v) is 5.99. The standard InChI is InChI=1S/C15H18N4O3/c1-15(2)9-19(5-6-22-15)13(20)8-18-4-3-12-11(14(18)21)7-16-10-17-12/h3-4,7,10H,5-6,8-9H2,1-2H3. The number of carbonyl (C=O) groups excluding carboxylic acids is 1. The van der Waals surface area contributed by atoms with E-state index in [2.05, 4.69) is 9.97 Å². The van der Waals surface area contributed by atoms with Crippen molar-refractivity contribution in [2.45, 2.75) is 26.0 Å². The van der Waals surface area contributed by atoms with Gasteiger partial charge in [0.05, 0.1) is 23.1 Å². The number of carbonyl (C=O) groups is 1. The number of hydrogen-bond donors (Lipinski definition) is 0. The van der Waals surface area contributed by atoms with Crippen molar-refractivity contribution in [3.8, 4) is 0 Å². The first-order chi connectivity index (χ1) is 10.5. The van der Waals surface area contributed by atoms with E-state index in [1.54, 1.807) is 17.2 Å². The minimum Gasteiger partial charge on any atom is -0.372 e. The fraction of sp³-hybridized carbons (Fsp3) is 0.467. The first-order valence-corrected chi connectivity index (χ1v) is 7.17. The quantitative estimate of drug-likeness (QED) is 0.804. The Balaban J connectivity index is 1.82. The number of aromatic nitrogens is 3. The van der Waals surface area contributed by atoms with Crippen LogP contribution in [-0.2, 0) is 16.1 Å². The Morgan fingerprint density at radius 1 is 1.45 bits per heavy atom. The third-order valence-electron chi connectivity index (χ3n) is 3.73. The molecule has 0 spiro atoms. The Labute approximate surface area is 127 Å². The van der Waals surface area contributed by atoms with Crippen LogP contribution in [0.5, 0.6) is 0 Å². The number of rotatable bonds is 2. The summed E-state index contributed by atoms with van der Waals surface area (Å²) >= 11 is 0. The fourth-order valence-corrected chi connectivity index (χ4v) is 2.62. The molecule has 0 bridgehead atoms. The summed E-state index contributed by atoms with van der Waals surface area (Å²) in [6, 6.07) is 1.72. The third-order valence-corrected chi connectivity index (χ3v) is 3.73. The summed E-state index contributed by atoms with van der Waals surface area (Å²) < 4.78 is 7.00. The molecule has 3 rings (SSSR count). The minimum absolute atomic E-state index is 0.0136. The normalized spacial score (nSPS) is 17.6. The number of pyridine rings is 1. The highest BCUT2D eigenvalue weighted by atomic mass is 16.5. The van der Waals surface area contributed by atoms with E-state index < -0.39 is 0 Å². The van der Waals surface area contributed by atoms with Crippen LogP contribution < -0.4 is 5.56 Å². The smallest absolute Gasteiger partial charge is 0.262 e. The van der Waals surface area contributed by atoms with Gasteiger partial charge in [-0.2, -0.15) is 0 Å². The van der Waals surface area contributed by atoms with E-state index in [0.717, 1.165) is 0 Å². The first-order valence-electron chi connectivity index (χ1n) is 7.17. The monoisotopic (exact) mass is 302 g/mol. The molecule has 0 saturated carbocycles. The van der Waals surface area contributed by atoms with Crippen LogP contribution in [0, 0.1) is 0 Å². The van der Waals surface area contributed by atoms with Gasteiger partial charge in [0.15, 0.2) is 0 Å². The van der Waals surface area contributed by atoms with E-state index in [0.29, 0.717) is 30.6 Å². The molecule has 116 valence electrons. The van der Waals surface area contributed by atoms with Gasteiger partial charge >= 0.3 is 0 Å². The lowest BCUT2D eigenvalue weighted by atomic mass is 10.1. The first kappa shape index (κ1) is 14.6. The maximum Gasteiger partial charge on any atom is 0.262 e. The molecule has 7 heteroatoms. The fourth-order valence-electron chi connectivity index (χ4n) is 2.62. The molecular weight excluding hydrogens is 284 g/mol. The number of amides is 1. The summed E-state index contributed by atoms with van der Waals surface area (Å²) in [5, 5.41) is 0.417. The van der Waals surface area contributed by atoms with Crippen LogP contribution in [0.2, 0.25) is 0 Å². The average Bonchev–Trinajstić information content (AvgIpc) is 2.49. The predicted octanol–water partition coefficient (Wildman–Crippen LogP) is 0.429. The molecular formula is C15H18N4O3. The summed E-state index contributed by atoms with van der Waals surface area (Å²) in [7, 11) is 0. The van der Waals surface area contributed by atoms with Crippen molar-refractivity contribution in [2.75, 3.05) is 19.7 Å². The SMILES string of the molecule is CC1(C)CN(C(=O)Cn2ccc3ncncc3c2=O)CCO1. The lowest BCUT2D eigenvalue weighted by Crippen LogP contribution is -2.51. The molecule has 0 aromatic carbocycles. The Kier molecular flexibility index (Phi) is 3.66. The van der Waals surface area contributed by atoms with Gasteiger partial charge in [0.2, 0.25) is 5.91 Å². The van der Waals surface area contributed by atoms with Gasteiger partial charge in [-0.05, 0) is 19.9 Å². The highest BCUT2D eigenvalue weighted by Gasteiger charge is 2.29. The number of nitrogens with zero attached hydrogens (tertiary/aromatic N) is 4. The van der Waals surface area contributed by atoms with Crippen molar-refractivity contribution in [3.05, 3.63) is 35.1 Å². The van der Waals surface area contributed by atoms with Crippen LogP contribution >= 0.6 is 0 Å². The Morgan fingerprint density at radius 3 is 3.05 bits per heavy atom. The van der Waals surface area contributed by atoms with Crippen molar-refractivity contribution in [1.29, 1.82) is 0 Å². The molecule has 0 radical (unpaired) electrons. The highest BCUT2D eigenvalue weighted by molar-refractivity contribution is 5.78. The summed E-state index contributed by atoms with van der Waals surface area (Å²) in [5.41, 5.74) is -0.0222. The molecule has 22 heavy (non-hydrogen) atoms. The maximum atomic E-state index is 12.4. The van der Waals surface area contributed by atoms with Crippen molar-refractivity contribution in [2.24, 2.45) is 0 Å². The molecule has 3 heterocycles. The zero-order chi connectivity index (χ0) is 15.7. The molecule has 0 atom stereocenters. The van der Waals surface area contributed by atoms with E-state index in [1.165, 1.54) is 17.1 Å². The Bertz CT molecular complexity index is 769. The van der Waals surface area contributed by atoms with Gasteiger partial charge in [-0.15, -0.1) is 0 Å². The molecule has 1 fully saturated rings. The molecule has 1 aliphatic heterocycles. The van der Waals surface area contributed by atoms with Gasteiger partial charge in [0.25, 0.3) is 5.56 Å². The molecule has 0 unspecified atom stereocenters. The Morgan fingerprint density at radius 2 is 2.27 bits per heavy atom. The second kappa shape index (κ2) is 5.49. The molecule has 1 aliphatic rings. The van der Waals surface area contributed by atoms with Crippen LogP contribution in [0.15, 0.2) is 29.6 Å². The largest absolute Gasteiger partial charge is 0.372 e. The zero-order valence-corrected chi connectivity index (χ0v) is 12.7.